The fourth-order valence-electron chi connectivity index (χ4n) is 2.73. The number of hydrogen-bond donors (Lipinski definition) is 1. The van der Waals surface area contributed by atoms with Gasteiger partial charge in [0, 0.05) is 18.3 Å². The molecule has 0 radical (unpaired) electrons. The second-order valence-electron chi connectivity index (χ2n) is 5.75. The molecule has 0 bridgehead atoms. The Labute approximate surface area is 131 Å². The molecular weight excluding hydrogens is 272 g/mol. The Morgan fingerprint density at radius 3 is 2.64 bits per heavy atom. The van der Waals surface area contributed by atoms with E-state index in [2.05, 4.69) is 42.5 Å². The van der Waals surface area contributed by atoms with E-state index in [0.29, 0.717) is 0 Å². The molecule has 3 aromatic rings. The Hall–Kier alpha value is -2.13. The van der Waals surface area contributed by atoms with Crippen LogP contribution in [0.15, 0.2) is 48.8 Å². The summed E-state index contributed by atoms with van der Waals surface area (Å²) in [6.45, 7) is 3.29. The highest BCUT2D eigenvalue weighted by Gasteiger charge is 2.04. The molecule has 0 saturated heterocycles. The summed E-state index contributed by atoms with van der Waals surface area (Å²) in [6, 6.07) is 12.5. The normalized spacial score (nSPS) is 11.2. The highest BCUT2D eigenvalue weighted by molar-refractivity contribution is 5.87. The minimum absolute atomic E-state index is 0.0855. The zero-order valence-electron chi connectivity index (χ0n) is 13.0. The van der Waals surface area contributed by atoms with Crippen LogP contribution >= 0.6 is 0 Å². The van der Waals surface area contributed by atoms with Gasteiger partial charge in [-0.05, 0) is 40.5 Å². The summed E-state index contributed by atoms with van der Waals surface area (Å²) in [5, 5.41) is 16.0. The van der Waals surface area contributed by atoms with Crippen molar-refractivity contribution in [2.24, 2.45) is 0 Å². The van der Waals surface area contributed by atoms with Crippen LogP contribution in [-0.2, 0) is 13.2 Å². The third-order valence-electron chi connectivity index (χ3n) is 4.04. The first-order valence-corrected chi connectivity index (χ1v) is 7.96. The lowest BCUT2D eigenvalue weighted by Crippen LogP contribution is -1.97. The standard InChI is InChI=1S/C19H22N2O/c1-2-3-4-9-21-13-19(12-20-21)18-8-7-16-10-15(14-22)5-6-17(16)11-18/h5-8,10-13,22H,2-4,9,14H2,1H3. The van der Waals surface area contributed by atoms with E-state index in [-0.39, 0.29) is 6.61 Å². The van der Waals surface area contributed by atoms with Crippen LogP contribution in [0.3, 0.4) is 0 Å². The van der Waals surface area contributed by atoms with Crippen molar-refractivity contribution in [1.82, 2.24) is 9.78 Å². The van der Waals surface area contributed by atoms with Gasteiger partial charge in [0.15, 0.2) is 0 Å². The van der Waals surface area contributed by atoms with Gasteiger partial charge in [-0.25, -0.2) is 0 Å². The van der Waals surface area contributed by atoms with Crippen LogP contribution in [0.5, 0.6) is 0 Å². The Morgan fingerprint density at radius 1 is 1.00 bits per heavy atom. The summed E-state index contributed by atoms with van der Waals surface area (Å²) in [5.41, 5.74) is 3.29. The molecule has 0 amide bonds. The molecule has 0 aliphatic heterocycles. The first-order valence-electron chi connectivity index (χ1n) is 7.96. The Bertz CT molecular complexity index is 761. The maximum absolute atomic E-state index is 9.21. The molecule has 1 heterocycles. The Kier molecular flexibility index (Phi) is 4.54. The summed E-state index contributed by atoms with van der Waals surface area (Å²) < 4.78 is 2.03. The van der Waals surface area contributed by atoms with Crippen molar-refractivity contribution < 1.29 is 5.11 Å². The van der Waals surface area contributed by atoms with E-state index < -0.39 is 0 Å². The molecule has 1 N–H and O–H groups in total. The van der Waals surface area contributed by atoms with Crippen LogP contribution in [-0.4, -0.2) is 14.9 Å². The fraction of sp³-hybridized carbons (Fsp3) is 0.316. The topological polar surface area (TPSA) is 38.0 Å². The van der Waals surface area contributed by atoms with Crippen LogP contribution in [0.2, 0.25) is 0 Å². The van der Waals surface area contributed by atoms with Crippen molar-refractivity contribution in [3.63, 3.8) is 0 Å². The van der Waals surface area contributed by atoms with E-state index in [1.165, 1.54) is 30.2 Å². The van der Waals surface area contributed by atoms with Gasteiger partial charge in [0.05, 0.1) is 12.8 Å². The molecule has 3 nitrogen and oxygen atoms in total. The van der Waals surface area contributed by atoms with E-state index in [1.54, 1.807) is 0 Å². The third-order valence-corrected chi connectivity index (χ3v) is 4.04. The SMILES string of the molecule is CCCCCn1cc(-c2ccc3cc(CO)ccc3c2)cn1. The average Bonchev–Trinajstić information content (AvgIpc) is 3.03. The Morgan fingerprint density at radius 2 is 1.82 bits per heavy atom. The first-order chi connectivity index (χ1) is 10.8. The number of fused-ring (bicyclic) bond motifs is 1. The third kappa shape index (κ3) is 3.20. The highest BCUT2D eigenvalue weighted by atomic mass is 16.3. The Balaban J connectivity index is 1.84. The van der Waals surface area contributed by atoms with E-state index in [4.69, 9.17) is 0 Å². The fourth-order valence-corrected chi connectivity index (χ4v) is 2.73. The van der Waals surface area contributed by atoms with E-state index in [0.717, 1.165) is 23.1 Å². The van der Waals surface area contributed by atoms with Gasteiger partial charge < -0.3 is 5.11 Å². The molecule has 0 fully saturated rings. The summed E-state index contributed by atoms with van der Waals surface area (Å²) in [4.78, 5) is 0. The molecule has 0 unspecified atom stereocenters. The summed E-state index contributed by atoms with van der Waals surface area (Å²) in [5.74, 6) is 0. The molecule has 0 aliphatic carbocycles. The van der Waals surface area contributed by atoms with E-state index >= 15 is 0 Å². The smallest absolute Gasteiger partial charge is 0.0682 e. The van der Waals surface area contributed by atoms with Gasteiger partial charge in [0.1, 0.15) is 0 Å². The van der Waals surface area contributed by atoms with Gasteiger partial charge in [0.25, 0.3) is 0 Å². The number of aliphatic hydroxyl groups is 1. The van der Waals surface area contributed by atoms with Gasteiger partial charge in [-0.15, -0.1) is 0 Å². The number of aliphatic hydroxyl groups excluding tert-OH is 1. The van der Waals surface area contributed by atoms with Gasteiger partial charge in [0.2, 0.25) is 0 Å². The number of nitrogens with zero attached hydrogens (tertiary/aromatic N) is 2. The van der Waals surface area contributed by atoms with Crippen LogP contribution in [0.25, 0.3) is 21.9 Å². The first kappa shape index (κ1) is 14.8. The van der Waals surface area contributed by atoms with Crippen molar-refractivity contribution in [2.75, 3.05) is 0 Å². The average molecular weight is 294 g/mol. The lowest BCUT2D eigenvalue weighted by Gasteiger charge is -2.04. The number of benzene rings is 2. The predicted molar refractivity (Wildman–Crippen MR) is 90.6 cm³/mol. The second kappa shape index (κ2) is 6.75. The van der Waals surface area contributed by atoms with E-state index in [1.807, 2.05) is 23.0 Å². The minimum Gasteiger partial charge on any atom is -0.392 e. The molecule has 2 aromatic carbocycles. The van der Waals surface area contributed by atoms with Gasteiger partial charge in [-0.2, -0.15) is 5.10 Å². The zero-order valence-corrected chi connectivity index (χ0v) is 13.0. The maximum Gasteiger partial charge on any atom is 0.0682 e. The molecule has 0 spiro atoms. The van der Waals surface area contributed by atoms with Crippen molar-refractivity contribution in [1.29, 1.82) is 0 Å². The van der Waals surface area contributed by atoms with Crippen LogP contribution < -0.4 is 0 Å². The number of unbranched alkanes of at least 4 members (excludes halogenated alkanes) is 2. The molecule has 0 atom stereocenters. The molecule has 0 saturated carbocycles. The molecule has 1 aromatic heterocycles. The maximum atomic E-state index is 9.21. The van der Waals surface area contributed by atoms with Gasteiger partial charge in [-0.3, -0.25) is 4.68 Å². The number of hydrogen-bond acceptors (Lipinski definition) is 2. The van der Waals surface area contributed by atoms with Crippen LogP contribution in [0.1, 0.15) is 31.7 Å². The van der Waals surface area contributed by atoms with Crippen molar-refractivity contribution in [3.05, 3.63) is 54.4 Å². The zero-order chi connectivity index (χ0) is 15.4. The number of aryl methyl sites for hydroxylation is 1. The van der Waals surface area contributed by atoms with E-state index in [9.17, 15) is 5.11 Å². The molecular formula is C19H22N2O. The van der Waals surface area contributed by atoms with Crippen molar-refractivity contribution >= 4 is 10.8 Å². The minimum atomic E-state index is 0.0855. The van der Waals surface area contributed by atoms with Crippen molar-refractivity contribution in [2.45, 2.75) is 39.3 Å². The summed E-state index contributed by atoms with van der Waals surface area (Å²) in [7, 11) is 0. The number of aromatic nitrogens is 2. The lowest BCUT2D eigenvalue weighted by atomic mass is 10.0. The quantitative estimate of drug-likeness (QED) is 0.685. The molecule has 3 rings (SSSR count). The van der Waals surface area contributed by atoms with Gasteiger partial charge in [-0.1, -0.05) is 44.0 Å². The second-order valence-corrected chi connectivity index (χ2v) is 5.75. The number of rotatable bonds is 6. The molecule has 0 aliphatic rings. The highest BCUT2D eigenvalue weighted by Crippen LogP contribution is 2.25. The monoisotopic (exact) mass is 294 g/mol. The van der Waals surface area contributed by atoms with Crippen LogP contribution in [0, 0.1) is 0 Å². The largest absolute Gasteiger partial charge is 0.392 e. The van der Waals surface area contributed by atoms with Crippen molar-refractivity contribution in [3.8, 4) is 11.1 Å². The van der Waals surface area contributed by atoms with Gasteiger partial charge >= 0.3 is 0 Å². The molecule has 114 valence electrons. The molecule has 22 heavy (non-hydrogen) atoms. The summed E-state index contributed by atoms with van der Waals surface area (Å²) >= 11 is 0. The summed E-state index contributed by atoms with van der Waals surface area (Å²) in [6.07, 6.45) is 7.72. The predicted octanol–water partition coefficient (Wildman–Crippen LogP) is 4.39. The van der Waals surface area contributed by atoms with Crippen LogP contribution in [0.4, 0.5) is 0 Å². The lowest BCUT2D eigenvalue weighted by molar-refractivity contribution is 0.282. The molecule has 3 heteroatoms.